The second-order valence-corrected chi connectivity index (χ2v) is 5.43. The molecule has 0 aromatic rings. The zero-order chi connectivity index (χ0) is 10.3. The van der Waals surface area contributed by atoms with E-state index in [1.165, 1.54) is 50.9 Å². The Morgan fingerprint density at radius 3 is 2.93 bits per heavy atom. The van der Waals surface area contributed by atoms with Crippen LogP contribution in [-0.2, 0) is 0 Å². The molecule has 0 N–H and O–H groups in total. The molecule has 1 aliphatic heterocycles. The van der Waals surface area contributed by atoms with Crippen LogP contribution in [0.5, 0.6) is 0 Å². The number of allylic oxidation sites excluding steroid dienone is 3. The van der Waals surface area contributed by atoms with Crippen molar-refractivity contribution < 1.29 is 0 Å². The van der Waals surface area contributed by atoms with Gasteiger partial charge in [-0.3, -0.25) is 0 Å². The fraction of sp³-hybridized carbons (Fsp3) is 0.714. The predicted molar refractivity (Wildman–Crippen MR) is 63.7 cm³/mol. The van der Waals surface area contributed by atoms with Gasteiger partial charge in [0.15, 0.2) is 0 Å². The molecule has 3 rings (SSSR count). The Kier molecular flexibility index (Phi) is 2.44. The summed E-state index contributed by atoms with van der Waals surface area (Å²) < 4.78 is 0. The Bertz CT molecular complexity index is 307. The molecule has 2 fully saturated rings. The maximum Gasteiger partial charge on any atom is 0.00188 e. The normalized spacial score (nSPS) is 34.7. The van der Waals surface area contributed by atoms with Crippen molar-refractivity contribution in [3.63, 3.8) is 0 Å². The molecule has 82 valence electrons. The number of hydrogen-bond donors (Lipinski definition) is 0. The maximum atomic E-state index is 2.63. The summed E-state index contributed by atoms with van der Waals surface area (Å²) in [4.78, 5) is 2.63. The Labute approximate surface area is 92.8 Å². The first-order valence-corrected chi connectivity index (χ1v) is 6.44. The van der Waals surface area contributed by atoms with E-state index in [4.69, 9.17) is 0 Å². The van der Waals surface area contributed by atoms with E-state index in [-0.39, 0.29) is 0 Å². The van der Waals surface area contributed by atoms with Gasteiger partial charge in [0.1, 0.15) is 0 Å². The van der Waals surface area contributed by atoms with Crippen molar-refractivity contribution in [1.82, 2.24) is 4.90 Å². The van der Waals surface area contributed by atoms with E-state index in [9.17, 15) is 0 Å². The Morgan fingerprint density at radius 1 is 1.33 bits per heavy atom. The largest absolute Gasteiger partial charge is 0.303 e. The summed E-state index contributed by atoms with van der Waals surface area (Å²) in [5.74, 6) is 1.86. The lowest BCUT2D eigenvalue weighted by Crippen LogP contribution is -2.21. The summed E-state index contributed by atoms with van der Waals surface area (Å²) in [5, 5.41) is 0. The SMILES string of the molecule is CC1=CC2CC2C(CCN2CCCC2)=C1. The average Bonchev–Trinajstić information content (AvgIpc) is 2.79. The van der Waals surface area contributed by atoms with Gasteiger partial charge in [0, 0.05) is 6.54 Å². The first kappa shape index (κ1) is 9.65. The molecule has 0 aromatic heterocycles. The van der Waals surface area contributed by atoms with Gasteiger partial charge in [-0.25, -0.2) is 0 Å². The Balaban J connectivity index is 1.56. The molecule has 0 amide bonds. The fourth-order valence-corrected chi connectivity index (χ4v) is 3.16. The highest BCUT2D eigenvalue weighted by Gasteiger charge is 2.39. The highest BCUT2D eigenvalue weighted by Crippen LogP contribution is 2.49. The van der Waals surface area contributed by atoms with Crippen LogP contribution < -0.4 is 0 Å². The lowest BCUT2D eigenvalue weighted by atomic mass is 9.97. The van der Waals surface area contributed by atoms with E-state index < -0.39 is 0 Å². The zero-order valence-electron chi connectivity index (χ0n) is 9.71. The van der Waals surface area contributed by atoms with Crippen LogP contribution in [0.15, 0.2) is 23.3 Å². The van der Waals surface area contributed by atoms with Crippen molar-refractivity contribution in [2.24, 2.45) is 11.8 Å². The van der Waals surface area contributed by atoms with Crippen LogP contribution in [0.3, 0.4) is 0 Å². The molecule has 2 aliphatic carbocycles. The molecule has 1 saturated heterocycles. The summed E-state index contributed by atoms with van der Waals surface area (Å²) in [7, 11) is 0. The fourth-order valence-electron chi connectivity index (χ4n) is 3.16. The molecule has 1 heterocycles. The third-order valence-electron chi connectivity index (χ3n) is 4.12. The molecule has 1 nitrogen and oxygen atoms in total. The monoisotopic (exact) mass is 203 g/mol. The second-order valence-electron chi connectivity index (χ2n) is 5.43. The second kappa shape index (κ2) is 3.79. The van der Waals surface area contributed by atoms with Gasteiger partial charge in [-0.1, -0.05) is 23.3 Å². The van der Waals surface area contributed by atoms with E-state index in [2.05, 4.69) is 24.0 Å². The van der Waals surface area contributed by atoms with Gasteiger partial charge in [-0.15, -0.1) is 0 Å². The molecule has 0 aromatic carbocycles. The highest BCUT2D eigenvalue weighted by molar-refractivity contribution is 5.35. The minimum Gasteiger partial charge on any atom is -0.303 e. The number of fused-ring (bicyclic) bond motifs is 1. The van der Waals surface area contributed by atoms with Gasteiger partial charge in [-0.2, -0.15) is 0 Å². The first-order valence-electron chi connectivity index (χ1n) is 6.44. The first-order chi connectivity index (χ1) is 7.33. The topological polar surface area (TPSA) is 3.24 Å². The zero-order valence-corrected chi connectivity index (χ0v) is 9.71. The van der Waals surface area contributed by atoms with Crippen molar-refractivity contribution in [3.8, 4) is 0 Å². The molecular weight excluding hydrogens is 182 g/mol. The Hall–Kier alpha value is -0.560. The number of rotatable bonds is 3. The van der Waals surface area contributed by atoms with Crippen molar-refractivity contribution >= 4 is 0 Å². The third kappa shape index (κ3) is 2.03. The standard InChI is InChI=1S/C14H21N/c1-11-8-12(14-10-13(14)9-11)4-7-15-5-2-3-6-15/h8-9,13-14H,2-7,10H2,1H3. The van der Waals surface area contributed by atoms with Crippen molar-refractivity contribution in [3.05, 3.63) is 23.3 Å². The third-order valence-corrected chi connectivity index (χ3v) is 4.12. The minimum atomic E-state index is 0.920. The van der Waals surface area contributed by atoms with Crippen molar-refractivity contribution in [2.45, 2.75) is 32.6 Å². The molecule has 0 radical (unpaired) electrons. The highest BCUT2D eigenvalue weighted by atomic mass is 15.1. The van der Waals surface area contributed by atoms with Crippen LogP contribution in [0.2, 0.25) is 0 Å². The molecule has 1 saturated carbocycles. The molecule has 0 bridgehead atoms. The van der Waals surface area contributed by atoms with Crippen LogP contribution in [0.25, 0.3) is 0 Å². The van der Waals surface area contributed by atoms with Crippen molar-refractivity contribution in [2.75, 3.05) is 19.6 Å². The van der Waals surface area contributed by atoms with Crippen LogP contribution in [-0.4, -0.2) is 24.5 Å². The molecular formula is C14H21N. The lowest BCUT2D eigenvalue weighted by Gasteiger charge is -2.17. The van der Waals surface area contributed by atoms with E-state index in [0.717, 1.165) is 11.8 Å². The van der Waals surface area contributed by atoms with E-state index in [1.807, 2.05) is 0 Å². The number of hydrogen-bond acceptors (Lipinski definition) is 1. The van der Waals surface area contributed by atoms with E-state index in [0.29, 0.717) is 0 Å². The average molecular weight is 203 g/mol. The summed E-state index contributed by atoms with van der Waals surface area (Å²) in [6, 6.07) is 0. The number of nitrogens with zero attached hydrogens (tertiary/aromatic N) is 1. The number of likely N-dealkylation sites (tertiary alicyclic amines) is 1. The Morgan fingerprint density at radius 2 is 2.13 bits per heavy atom. The summed E-state index contributed by atoms with van der Waals surface area (Å²) >= 11 is 0. The van der Waals surface area contributed by atoms with Crippen LogP contribution in [0.1, 0.15) is 32.6 Å². The molecule has 3 aliphatic rings. The van der Waals surface area contributed by atoms with Gasteiger partial charge in [0.2, 0.25) is 0 Å². The van der Waals surface area contributed by atoms with E-state index >= 15 is 0 Å². The van der Waals surface area contributed by atoms with E-state index in [1.54, 1.807) is 5.57 Å². The van der Waals surface area contributed by atoms with Gasteiger partial charge in [-0.05, 0) is 57.5 Å². The lowest BCUT2D eigenvalue weighted by molar-refractivity contribution is 0.341. The summed E-state index contributed by atoms with van der Waals surface area (Å²) in [6.07, 6.45) is 10.5. The quantitative estimate of drug-likeness (QED) is 0.681. The van der Waals surface area contributed by atoms with Crippen LogP contribution in [0, 0.1) is 11.8 Å². The van der Waals surface area contributed by atoms with Gasteiger partial charge >= 0.3 is 0 Å². The smallest absolute Gasteiger partial charge is 0.00188 e. The molecule has 1 heteroatoms. The molecule has 15 heavy (non-hydrogen) atoms. The van der Waals surface area contributed by atoms with Gasteiger partial charge in [0.25, 0.3) is 0 Å². The van der Waals surface area contributed by atoms with Gasteiger partial charge < -0.3 is 4.90 Å². The van der Waals surface area contributed by atoms with Crippen LogP contribution in [0.4, 0.5) is 0 Å². The minimum absolute atomic E-state index is 0.920. The molecule has 2 unspecified atom stereocenters. The van der Waals surface area contributed by atoms with Crippen LogP contribution >= 0.6 is 0 Å². The predicted octanol–water partition coefficient (Wildman–Crippen LogP) is 2.99. The molecule has 0 spiro atoms. The van der Waals surface area contributed by atoms with Gasteiger partial charge in [0.05, 0.1) is 0 Å². The summed E-state index contributed by atoms with van der Waals surface area (Å²) in [5.41, 5.74) is 3.25. The van der Waals surface area contributed by atoms with Crippen molar-refractivity contribution in [1.29, 1.82) is 0 Å². The molecule has 2 atom stereocenters. The maximum absolute atomic E-state index is 2.63. The summed E-state index contributed by atoms with van der Waals surface area (Å²) in [6.45, 7) is 6.25.